The molecule has 0 aromatic heterocycles. The van der Waals surface area contributed by atoms with E-state index in [0.717, 1.165) is 0 Å². The molecule has 0 fully saturated rings. The molecule has 0 unspecified atom stereocenters. The third kappa shape index (κ3) is 20.4. The number of primary sulfonamides is 1. The molecular formula is C18H26I3N2O3SY-3. The molecule has 0 spiro atoms. The third-order valence-electron chi connectivity index (χ3n) is 2.38. The van der Waals surface area contributed by atoms with Crippen molar-refractivity contribution in [3.63, 3.8) is 0 Å². The van der Waals surface area contributed by atoms with Gasteiger partial charge in [-0.25, -0.2) is 13.6 Å². The molecule has 1 amide bonds. The van der Waals surface area contributed by atoms with Crippen molar-refractivity contribution < 1.29 is 59.2 Å². The van der Waals surface area contributed by atoms with Gasteiger partial charge >= 0.3 is 50.5 Å². The average Bonchev–Trinajstić information content (AvgIpc) is 2.66. The van der Waals surface area contributed by atoms with Gasteiger partial charge in [0, 0.05) is 32.7 Å². The minimum absolute atomic E-state index is 0. The molecule has 0 aliphatic heterocycles. The molecule has 159 valence electrons. The van der Waals surface area contributed by atoms with Crippen LogP contribution in [0.5, 0.6) is 0 Å². The monoisotopic (exact) mass is 820 g/mol. The summed E-state index contributed by atoms with van der Waals surface area (Å²) in [5.74, 6) is -0.629. The molecule has 0 saturated carbocycles. The van der Waals surface area contributed by atoms with Crippen LogP contribution in [0.2, 0.25) is 0 Å². The number of sulfonamides is 1. The number of halogens is 3. The fourth-order valence-electron chi connectivity index (χ4n) is 1.39. The van der Waals surface area contributed by atoms with E-state index in [1.165, 1.54) is 6.07 Å². The second kappa shape index (κ2) is 24.4. The number of nitrogens with two attached hydrogens (primary N) is 1. The fourth-order valence-corrected chi connectivity index (χ4v) is 2.14. The predicted octanol–water partition coefficient (Wildman–Crippen LogP) is 3.15. The second-order valence-electron chi connectivity index (χ2n) is 3.99. The average molecular weight is 820 g/mol. The van der Waals surface area contributed by atoms with Gasteiger partial charge in [0.1, 0.15) is 0 Å². The summed E-state index contributed by atoms with van der Waals surface area (Å²) in [7, 11) is -3.56. The number of aryl methyl sites for hydroxylation is 1. The SMILES string of the molecule is CC.CC.Cc1cc[c-]cc1S(N)(=O)=O.I[I-]I.[NH-]C(=O)c1ccccc1.[Y]. The molecule has 10 heteroatoms. The van der Waals surface area contributed by atoms with Crippen LogP contribution in [0.3, 0.4) is 0 Å². The molecule has 2 rings (SSSR count). The molecule has 28 heavy (non-hydrogen) atoms. The molecule has 5 nitrogen and oxygen atoms in total. The molecule has 0 bridgehead atoms. The molecule has 0 saturated heterocycles. The van der Waals surface area contributed by atoms with E-state index in [1.54, 1.807) is 43.3 Å². The van der Waals surface area contributed by atoms with E-state index in [1.807, 2.05) is 33.8 Å². The standard InChI is InChI=1S/C7H8NO2S.C7H7NO.2C2H6.I3.Y/c1-6-4-2-3-5-7(6)11(8,9)10;8-7(9)6-4-2-1-3-5-6;2*1-2;1-3-2;/h2,4-5H,1H3,(H2,8,9,10);1-5H,(H2,8,9);2*1-2H3;;/q-1;;;;-1;/p-1. The van der Waals surface area contributed by atoms with E-state index in [2.05, 4.69) is 43.3 Å². The van der Waals surface area contributed by atoms with E-state index >= 15 is 0 Å². The number of carbonyl (C=O) groups is 1. The minimum atomic E-state index is -3.56. The summed E-state index contributed by atoms with van der Waals surface area (Å²) in [5, 5.41) is 4.91. The summed E-state index contributed by atoms with van der Waals surface area (Å²) < 4.78 is 21.6. The minimum Gasteiger partial charge on any atom is -0.664 e. The summed E-state index contributed by atoms with van der Waals surface area (Å²) in [5.41, 5.74) is 7.77. The number of rotatable bonds is 2. The zero-order valence-electron chi connectivity index (χ0n) is 16.5. The van der Waals surface area contributed by atoms with Crippen LogP contribution in [0.25, 0.3) is 5.73 Å². The smallest absolute Gasteiger partial charge is 0.0796 e. The first-order valence-corrected chi connectivity index (χ1v) is 22.0. The third-order valence-corrected chi connectivity index (χ3v) is 3.43. The number of hydrogen-bond donors (Lipinski definition) is 1. The van der Waals surface area contributed by atoms with Gasteiger partial charge in [0.05, 0.1) is 5.91 Å². The zero-order valence-corrected chi connectivity index (χ0v) is 26.7. The van der Waals surface area contributed by atoms with Crippen molar-refractivity contribution in [2.24, 2.45) is 5.14 Å². The van der Waals surface area contributed by atoms with E-state index in [-0.39, 0.29) is 37.6 Å². The van der Waals surface area contributed by atoms with Gasteiger partial charge < -0.3 is 10.5 Å². The molecule has 0 heterocycles. The van der Waals surface area contributed by atoms with Gasteiger partial charge in [-0.2, -0.15) is 24.3 Å². The summed E-state index contributed by atoms with van der Waals surface area (Å²) in [4.78, 5) is 10.5. The van der Waals surface area contributed by atoms with E-state index < -0.39 is 15.9 Å². The molecule has 1 radical (unpaired) electrons. The van der Waals surface area contributed by atoms with Crippen LogP contribution >= 0.6 is 37.2 Å². The van der Waals surface area contributed by atoms with Gasteiger partial charge in [-0.15, -0.1) is 5.56 Å². The van der Waals surface area contributed by atoms with Crippen molar-refractivity contribution in [1.29, 1.82) is 0 Å². The summed E-state index contributed by atoms with van der Waals surface area (Å²) >= 11 is 5.30. The number of hydrogen-bond acceptors (Lipinski definition) is 3. The van der Waals surface area contributed by atoms with Gasteiger partial charge in [0.25, 0.3) is 0 Å². The number of nitrogens with one attached hydrogen (secondary N) is 1. The van der Waals surface area contributed by atoms with Crippen molar-refractivity contribution in [3.8, 4) is 0 Å². The van der Waals surface area contributed by atoms with Crippen LogP contribution in [0, 0.1) is 13.0 Å². The van der Waals surface area contributed by atoms with E-state index in [9.17, 15) is 13.2 Å². The first-order chi connectivity index (χ1) is 12.7. The Morgan fingerprint density at radius 2 is 1.50 bits per heavy atom. The Morgan fingerprint density at radius 3 is 1.75 bits per heavy atom. The Hall–Kier alpha value is 1.11. The predicted molar refractivity (Wildman–Crippen MR) is 127 cm³/mol. The summed E-state index contributed by atoms with van der Waals surface area (Å²) in [6, 6.07) is 15.8. The van der Waals surface area contributed by atoms with Crippen molar-refractivity contribution in [2.45, 2.75) is 39.5 Å². The van der Waals surface area contributed by atoms with Gasteiger partial charge in [-0.05, 0) is 10.5 Å². The summed E-state index contributed by atoms with van der Waals surface area (Å²) in [6.45, 7) is 9.69. The van der Waals surface area contributed by atoms with Crippen molar-refractivity contribution >= 4 is 53.2 Å². The van der Waals surface area contributed by atoms with Crippen LogP contribution in [0.15, 0.2) is 53.4 Å². The molecule has 0 atom stereocenters. The van der Waals surface area contributed by atoms with Crippen molar-refractivity contribution in [1.82, 2.24) is 0 Å². The maximum atomic E-state index is 10.8. The molecule has 0 aliphatic rings. The molecule has 3 N–H and O–H groups in total. The van der Waals surface area contributed by atoms with Gasteiger partial charge in [-0.1, -0.05) is 65.0 Å². The first kappa shape index (κ1) is 36.5. The van der Waals surface area contributed by atoms with Crippen molar-refractivity contribution in [3.05, 3.63) is 71.5 Å². The molecule has 2 aromatic carbocycles. The normalized spacial score (nSPS) is 8.57. The zero-order chi connectivity index (χ0) is 21.9. The summed E-state index contributed by atoms with van der Waals surface area (Å²) in [6.07, 6.45) is 0. The van der Waals surface area contributed by atoms with Crippen LogP contribution < -0.4 is 18.4 Å². The Morgan fingerprint density at radius 1 is 1.07 bits per heavy atom. The van der Waals surface area contributed by atoms with E-state index in [0.29, 0.717) is 24.4 Å². The maximum Gasteiger partial charge on any atom is 0.0796 e. The Labute approximate surface area is 225 Å². The molecule has 2 aromatic rings. The van der Waals surface area contributed by atoms with Crippen molar-refractivity contribution in [2.75, 3.05) is 0 Å². The molecule has 0 aliphatic carbocycles. The van der Waals surface area contributed by atoms with Crippen LogP contribution in [0.4, 0.5) is 0 Å². The number of carbonyl (C=O) groups excluding carboxylic acids is 1. The topological polar surface area (TPSA) is 101 Å². The maximum absolute atomic E-state index is 10.8. The van der Waals surface area contributed by atoms with Crippen LogP contribution in [0.1, 0.15) is 43.6 Å². The fraction of sp³-hybridized carbons (Fsp3) is 0.278. The van der Waals surface area contributed by atoms with E-state index in [4.69, 9.17) is 10.9 Å². The second-order valence-corrected chi connectivity index (χ2v) is 21.8. The van der Waals surface area contributed by atoms with Crippen LogP contribution in [-0.2, 0) is 42.7 Å². The van der Waals surface area contributed by atoms with Crippen LogP contribution in [-0.4, -0.2) is 14.3 Å². The Bertz CT molecular complexity index is 719. The van der Waals surface area contributed by atoms with Gasteiger partial charge in [0.2, 0.25) is 0 Å². The van der Waals surface area contributed by atoms with Gasteiger partial charge in [-0.3, -0.25) is 0 Å². The first-order valence-electron chi connectivity index (χ1n) is 7.91. The Kier molecular flexibility index (Phi) is 31.8. The number of benzene rings is 2. The largest absolute Gasteiger partial charge is 0.664 e. The molecular weight excluding hydrogens is 794 g/mol. The van der Waals surface area contributed by atoms with Gasteiger partial charge in [0.15, 0.2) is 10.0 Å². The Balaban J connectivity index is -0.000000153. The number of amides is 1. The quantitative estimate of drug-likeness (QED) is 0.373.